The number of ether oxygens (including phenoxy) is 1. The fourth-order valence-corrected chi connectivity index (χ4v) is 5.79. The lowest BCUT2D eigenvalue weighted by Crippen LogP contribution is -2.25. The molecule has 0 saturated carbocycles. The Labute approximate surface area is 263 Å². The first kappa shape index (κ1) is 34.9. The van der Waals surface area contributed by atoms with Crippen LogP contribution >= 0.6 is 11.6 Å². The number of halogens is 4. The molecule has 238 valence electrons. The fraction of sp³-hybridized carbons (Fsp3) is 0.344. The van der Waals surface area contributed by atoms with Crippen molar-refractivity contribution < 1.29 is 22.1 Å². The second-order valence-electron chi connectivity index (χ2n) is 9.91. The van der Waals surface area contributed by atoms with Gasteiger partial charge in [0.05, 0.1) is 17.7 Å². The van der Waals surface area contributed by atoms with E-state index in [2.05, 4.69) is 38.4 Å². The van der Waals surface area contributed by atoms with E-state index in [9.17, 15) is 17.4 Å². The van der Waals surface area contributed by atoms with Gasteiger partial charge in [-0.1, -0.05) is 56.3 Å². The summed E-state index contributed by atoms with van der Waals surface area (Å²) < 4.78 is 56.9. The second-order valence-corrected chi connectivity index (χ2v) is 13.1. The molecule has 2 heterocycles. The third-order valence-electron chi connectivity index (χ3n) is 6.71. The number of allylic oxidation sites excluding steroid dienone is 1. The van der Waals surface area contributed by atoms with Crippen LogP contribution < -0.4 is 16.0 Å². The Bertz CT molecular complexity index is 1580. The van der Waals surface area contributed by atoms with Crippen molar-refractivity contribution in [3.05, 3.63) is 93.9 Å². The van der Waals surface area contributed by atoms with Crippen molar-refractivity contribution >= 4 is 50.4 Å². The topological polar surface area (TPSA) is 88.2 Å². The van der Waals surface area contributed by atoms with Crippen molar-refractivity contribution in [1.29, 1.82) is 0 Å². The summed E-state index contributed by atoms with van der Waals surface area (Å²) in [5.74, 6) is 5.84. The summed E-state index contributed by atoms with van der Waals surface area (Å²) in [6.45, 7) is 9.67. The number of aromatic nitrogens is 2. The third-order valence-corrected chi connectivity index (χ3v) is 8.92. The number of hydrogen-bond acceptors (Lipinski definition) is 7. The highest BCUT2D eigenvalue weighted by molar-refractivity contribution is 8.00. The Morgan fingerprint density at radius 3 is 2.64 bits per heavy atom. The summed E-state index contributed by atoms with van der Waals surface area (Å²) in [7, 11) is -0.675. The zero-order chi connectivity index (χ0) is 32.3. The van der Waals surface area contributed by atoms with Gasteiger partial charge in [-0.3, -0.25) is 4.21 Å². The van der Waals surface area contributed by atoms with Crippen LogP contribution in [0.1, 0.15) is 42.5 Å². The largest absolute Gasteiger partial charge is 0.416 e. The first-order valence-electron chi connectivity index (χ1n) is 14.2. The van der Waals surface area contributed by atoms with Crippen molar-refractivity contribution in [2.75, 3.05) is 48.9 Å². The number of anilines is 3. The molecule has 44 heavy (non-hydrogen) atoms. The Morgan fingerprint density at radius 1 is 1.16 bits per heavy atom. The first-order valence-corrected chi connectivity index (χ1v) is 16.7. The maximum atomic E-state index is 13.1. The molecule has 3 aromatic rings. The maximum absolute atomic E-state index is 13.1. The number of fused-ring (bicyclic) bond motifs is 1. The Morgan fingerprint density at radius 2 is 1.93 bits per heavy atom. The molecule has 0 saturated heterocycles. The summed E-state index contributed by atoms with van der Waals surface area (Å²) >= 11 is 6.55. The highest BCUT2D eigenvalue weighted by Crippen LogP contribution is 2.33. The zero-order valence-corrected chi connectivity index (χ0v) is 26.8. The Kier molecular flexibility index (Phi) is 12.7. The van der Waals surface area contributed by atoms with Gasteiger partial charge in [-0.2, -0.15) is 13.2 Å². The molecule has 1 unspecified atom stereocenters. The lowest BCUT2D eigenvalue weighted by Gasteiger charge is -2.15. The van der Waals surface area contributed by atoms with Crippen LogP contribution in [0.25, 0.3) is 6.08 Å². The van der Waals surface area contributed by atoms with Crippen molar-refractivity contribution in [3.63, 3.8) is 0 Å². The van der Waals surface area contributed by atoms with Gasteiger partial charge in [0.15, 0.2) is 0 Å². The molecule has 0 radical (unpaired) electrons. The summed E-state index contributed by atoms with van der Waals surface area (Å²) in [6, 6.07) is 10.5. The van der Waals surface area contributed by atoms with Gasteiger partial charge in [0, 0.05) is 48.1 Å². The molecule has 0 aliphatic carbocycles. The quantitative estimate of drug-likeness (QED) is 0.179. The standard InChI is InChI=1S/C30H33ClF3N5O2S.C2H6/c1-20(35-11-13-42(3,40)14-12-41-2)22-9-10-36-28-26(17-22)29(38-19-37-28)39-25-8-7-23(27(31)18-25)15-21-5-4-6-24(16-21)30(32,33)34;1-2/h4-8,16-19,35H,1,3,9-15H2,2H3,(H2,36,37,38,39);1-2H3. The van der Waals surface area contributed by atoms with Crippen molar-refractivity contribution in [1.82, 2.24) is 15.3 Å². The van der Waals surface area contributed by atoms with Crippen LogP contribution in [0.5, 0.6) is 0 Å². The highest BCUT2D eigenvalue weighted by Gasteiger charge is 2.30. The van der Waals surface area contributed by atoms with E-state index in [0.717, 1.165) is 23.3 Å². The van der Waals surface area contributed by atoms with E-state index < -0.39 is 21.3 Å². The molecule has 3 N–H and O–H groups in total. The number of rotatable bonds is 12. The molecule has 0 spiro atoms. The molecule has 1 aromatic heterocycles. The van der Waals surface area contributed by atoms with E-state index in [0.29, 0.717) is 76.8 Å². The molecule has 1 atom stereocenters. The minimum atomic E-state index is -4.41. The van der Waals surface area contributed by atoms with E-state index in [1.165, 1.54) is 12.4 Å². The zero-order valence-electron chi connectivity index (χ0n) is 25.2. The van der Waals surface area contributed by atoms with E-state index in [1.54, 1.807) is 31.4 Å². The number of nitrogens with zero attached hydrogens (tertiary/aromatic N) is 2. The number of benzene rings is 2. The average Bonchev–Trinajstić information content (AvgIpc) is 3.22. The van der Waals surface area contributed by atoms with Gasteiger partial charge < -0.3 is 20.7 Å². The second kappa shape index (κ2) is 16.0. The van der Waals surface area contributed by atoms with Crippen molar-refractivity contribution in [2.24, 2.45) is 0 Å². The molecular formula is C32H39ClF3N5O2S. The SMILES string of the molecule is C=C(NCCS(=C)(=O)CCOC)C1=Cc2c(ncnc2Nc2ccc(Cc3cccc(C(F)(F)F)c3)c(Cl)c2)NCC1.CC. The van der Waals surface area contributed by atoms with Crippen LogP contribution in [0, 0.1) is 0 Å². The van der Waals surface area contributed by atoms with Crippen molar-refractivity contribution in [2.45, 2.75) is 32.9 Å². The number of hydrogen-bond donors (Lipinski definition) is 3. The fourth-order valence-electron chi connectivity index (χ4n) is 4.39. The minimum absolute atomic E-state index is 0.256. The van der Waals surface area contributed by atoms with Gasteiger partial charge >= 0.3 is 6.18 Å². The molecular weight excluding hydrogens is 611 g/mol. The predicted molar refractivity (Wildman–Crippen MR) is 177 cm³/mol. The van der Waals surface area contributed by atoms with E-state index in [1.807, 2.05) is 19.9 Å². The summed E-state index contributed by atoms with van der Waals surface area (Å²) in [6.07, 6.45) is -0.0548. The summed E-state index contributed by atoms with van der Waals surface area (Å²) in [5, 5.41) is 10.3. The third kappa shape index (κ3) is 10.0. The molecule has 0 amide bonds. The van der Waals surface area contributed by atoms with E-state index in [4.69, 9.17) is 16.3 Å². The van der Waals surface area contributed by atoms with Gasteiger partial charge in [-0.25, -0.2) is 9.97 Å². The van der Waals surface area contributed by atoms with Gasteiger partial charge in [0.25, 0.3) is 0 Å². The van der Waals surface area contributed by atoms with Gasteiger partial charge in [-0.05, 0) is 69.2 Å². The minimum Gasteiger partial charge on any atom is -0.384 e. The molecule has 7 nitrogen and oxygen atoms in total. The van der Waals surface area contributed by atoms with Crippen molar-refractivity contribution in [3.8, 4) is 0 Å². The molecule has 2 aromatic carbocycles. The molecule has 1 aliphatic rings. The van der Waals surface area contributed by atoms with Crippen LogP contribution in [0.4, 0.5) is 30.5 Å². The first-order chi connectivity index (χ1) is 20.9. The van der Waals surface area contributed by atoms with Crippen LogP contribution in [-0.2, 0) is 26.9 Å². The molecule has 4 rings (SSSR count). The molecule has 1 aliphatic heterocycles. The van der Waals surface area contributed by atoms with Gasteiger partial charge in [0.1, 0.15) is 18.0 Å². The molecule has 12 heteroatoms. The lowest BCUT2D eigenvalue weighted by molar-refractivity contribution is -0.137. The normalized spacial score (nSPS) is 14.0. The van der Waals surface area contributed by atoms with Crippen LogP contribution in [0.3, 0.4) is 0 Å². The number of alkyl halides is 3. The number of methoxy groups -OCH3 is 1. The monoisotopic (exact) mass is 649 g/mol. The van der Waals surface area contributed by atoms with Gasteiger partial charge in [-0.15, -0.1) is 0 Å². The van der Waals surface area contributed by atoms with E-state index >= 15 is 0 Å². The molecule has 0 bridgehead atoms. The predicted octanol–water partition coefficient (Wildman–Crippen LogP) is 7.17. The summed E-state index contributed by atoms with van der Waals surface area (Å²) in [4.78, 5) is 8.81. The van der Waals surface area contributed by atoms with Crippen LogP contribution in [-0.4, -0.2) is 58.4 Å². The smallest absolute Gasteiger partial charge is 0.384 e. The van der Waals surface area contributed by atoms with Crippen LogP contribution in [0.2, 0.25) is 5.02 Å². The lowest BCUT2D eigenvalue weighted by atomic mass is 10.0. The average molecular weight is 650 g/mol. The summed E-state index contributed by atoms with van der Waals surface area (Å²) in [5.41, 5.74) is 3.57. The maximum Gasteiger partial charge on any atom is 0.416 e. The number of nitrogens with one attached hydrogen (secondary N) is 3. The van der Waals surface area contributed by atoms with E-state index in [-0.39, 0.29) is 6.42 Å². The Hall–Kier alpha value is -3.54. The van der Waals surface area contributed by atoms with Crippen LogP contribution in [0.15, 0.2) is 66.6 Å². The Balaban J connectivity index is 0.00000259. The highest BCUT2D eigenvalue weighted by atomic mass is 35.5. The van der Waals surface area contributed by atoms with Gasteiger partial charge in [0.2, 0.25) is 0 Å². The molecule has 0 fully saturated rings.